The molecule has 0 unspecified atom stereocenters. The molecule has 0 bridgehead atoms. The molecule has 0 aliphatic carbocycles. The third-order valence-corrected chi connectivity index (χ3v) is 5.46. The zero-order valence-corrected chi connectivity index (χ0v) is 18.5. The highest BCUT2D eigenvalue weighted by molar-refractivity contribution is 6.33. The molecule has 5 nitrogen and oxygen atoms in total. The Morgan fingerprint density at radius 3 is 1.61 bits per heavy atom. The SMILES string of the molecule is O=C1C=C(c2ccc(OCCCCCCOc3ccc(-c4ccccc4)cc3)cc2)C(=O)N1. The molecule has 1 aliphatic heterocycles. The van der Waals surface area contributed by atoms with Gasteiger partial charge in [-0.15, -0.1) is 0 Å². The first-order chi connectivity index (χ1) is 16.2. The van der Waals surface area contributed by atoms with E-state index in [1.165, 1.54) is 17.2 Å². The fourth-order valence-corrected chi connectivity index (χ4v) is 3.67. The lowest BCUT2D eigenvalue weighted by Gasteiger charge is -2.09. The van der Waals surface area contributed by atoms with Gasteiger partial charge in [0.2, 0.25) is 0 Å². The molecule has 3 aromatic rings. The molecule has 0 atom stereocenters. The number of carbonyl (C=O) groups excluding carboxylic acids is 2. The second-order valence-corrected chi connectivity index (χ2v) is 7.90. The molecule has 2 amide bonds. The fraction of sp³-hybridized carbons (Fsp3) is 0.214. The van der Waals surface area contributed by atoms with E-state index in [0.29, 0.717) is 24.4 Å². The first-order valence-corrected chi connectivity index (χ1v) is 11.3. The number of imide groups is 1. The summed E-state index contributed by atoms with van der Waals surface area (Å²) < 4.78 is 11.6. The molecular formula is C28H27NO4. The van der Waals surface area contributed by atoms with Gasteiger partial charge in [0.1, 0.15) is 11.5 Å². The Hall–Kier alpha value is -3.86. The van der Waals surface area contributed by atoms with Crippen LogP contribution in [-0.2, 0) is 9.59 Å². The minimum Gasteiger partial charge on any atom is -0.494 e. The predicted molar refractivity (Wildman–Crippen MR) is 129 cm³/mol. The summed E-state index contributed by atoms with van der Waals surface area (Å²) in [5.74, 6) is 0.923. The van der Waals surface area contributed by atoms with Crippen molar-refractivity contribution in [2.45, 2.75) is 25.7 Å². The van der Waals surface area contributed by atoms with Crippen LogP contribution in [0.15, 0.2) is 84.9 Å². The topological polar surface area (TPSA) is 64.6 Å². The maximum absolute atomic E-state index is 11.7. The van der Waals surface area contributed by atoms with Gasteiger partial charge in [-0.2, -0.15) is 0 Å². The Labute approximate surface area is 194 Å². The molecule has 0 fully saturated rings. The fourth-order valence-electron chi connectivity index (χ4n) is 3.67. The van der Waals surface area contributed by atoms with E-state index in [-0.39, 0.29) is 11.8 Å². The lowest BCUT2D eigenvalue weighted by molar-refractivity contribution is -0.123. The van der Waals surface area contributed by atoms with Crippen molar-refractivity contribution in [2.75, 3.05) is 13.2 Å². The summed E-state index contributed by atoms with van der Waals surface area (Å²) in [4.78, 5) is 23.0. The van der Waals surface area contributed by atoms with Gasteiger partial charge in [0.05, 0.1) is 18.8 Å². The van der Waals surface area contributed by atoms with E-state index >= 15 is 0 Å². The normalized spacial score (nSPS) is 12.9. The first kappa shape index (κ1) is 22.3. The molecule has 33 heavy (non-hydrogen) atoms. The van der Waals surface area contributed by atoms with E-state index in [9.17, 15) is 9.59 Å². The largest absolute Gasteiger partial charge is 0.494 e. The van der Waals surface area contributed by atoms with E-state index < -0.39 is 0 Å². The third kappa shape index (κ3) is 6.32. The van der Waals surface area contributed by atoms with Crippen molar-refractivity contribution in [3.63, 3.8) is 0 Å². The van der Waals surface area contributed by atoms with Crippen molar-refractivity contribution < 1.29 is 19.1 Å². The zero-order chi connectivity index (χ0) is 22.9. The van der Waals surface area contributed by atoms with Crippen molar-refractivity contribution >= 4 is 17.4 Å². The summed E-state index contributed by atoms with van der Waals surface area (Å²) in [5.41, 5.74) is 3.49. The van der Waals surface area contributed by atoms with Gasteiger partial charge >= 0.3 is 0 Å². The summed E-state index contributed by atoms with van der Waals surface area (Å²) >= 11 is 0. The second-order valence-electron chi connectivity index (χ2n) is 7.90. The number of benzene rings is 3. The maximum Gasteiger partial charge on any atom is 0.258 e. The van der Waals surface area contributed by atoms with Gasteiger partial charge in [-0.05, 0) is 66.6 Å². The highest BCUT2D eigenvalue weighted by Crippen LogP contribution is 2.23. The van der Waals surface area contributed by atoms with E-state index in [1.54, 1.807) is 12.1 Å². The Bertz CT molecular complexity index is 1100. The van der Waals surface area contributed by atoms with Crippen molar-refractivity contribution in [3.05, 3.63) is 90.5 Å². The number of ether oxygens (including phenoxy) is 2. The van der Waals surface area contributed by atoms with Gasteiger partial charge in [-0.3, -0.25) is 14.9 Å². The second kappa shape index (κ2) is 11.1. The lowest BCUT2D eigenvalue weighted by atomic mass is 10.1. The first-order valence-electron chi connectivity index (χ1n) is 11.3. The molecule has 0 saturated carbocycles. The van der Waals surface area contributed by atoms with Crippen LogP contribution in [0.1, 0.15) is 31.2 Å². The number of nitrogens with one attached hydrogen (secondary N) is 1. The number of hydrogen-bond acceptors (Lipinski definition) is 4. The highest BCUT2D eigenvalue weighted by Gasteiger charge is 2.21. The molecular weight excluding hydrogens is 414 g/mol. The van der Waals surface area contributed by atoms with Gasteiger partial charge in [0, 0.05) is 6.08 Å². The summed E-state index contributed by atoms with van der Waals surface area (Å²) in [7, 11) is 0. The summed E-state index contributed by atoms with van der Waals surface area (Å²) in [6.45, 7) is 1.35. The Morgan fingerprint density at radius 2 is 1.09 bits per heavy atom. The van der Waals surface area contributed by atoms with Crippen LogP contribution in [0.2, 0.25) is 0 Å². The van der Waals surface area contributed by atoms with Gasteiger partial charge in [0.25, 0.3) is 11.8 Å². The van der Waals surface area contributed by atoms with Crippen molar-refractivity contribution in [3.8, 4) is 22.6 Å². The molecule has 5 heteroatoms. The molecule has 0 radical (unpaired) electrons. The van der Waals surface area contributed by atoms with Gasteiger partial charge < -0.3 is 9.47 Å². The zero-order valence-electron chi connectivity index (χ0n) is 18.5. The summed E-state index contributed by atoms with van der Waals surface area (Å²) in [6, 6.07) is 25.8. The highest BCUT2D eigenvalue weighted by atomic mass is 16.5. The van der Waals surface area contributed by atoms with Crippen LogP contribution in [0.25, 0.3) is 16.7 Å². The quantitative estimate of drug-likeness (QED) is 0.319. The monoisotopic (exact) mass is 441 g/mol. The molecule has 1 N–H and O–H groups in total. The van der Waals surface area contributed by atoms with Crippen LogP contribution in [0.5, 0.6) is 11.5 Å². The van der Waals surface area contributed by atoms with Crippen LogP contribution < -0.4 is 14.8 Å². The summed E-state index contributed by atoms with van der Waals surface area (Å²) in [6.07, 6.45) is 5.45. The number of carbonyl (C=O) groups is 2. The molecule has 4 rings (SSSR count). The molecule has 0 spiro atoms. The van der Waals surface area contributed by atoms with Crippen LogP contribution in [0, 0.1) is 0 Å². The Balaban J connectivity index is 1.08. The number of amides is 2. The van der Waals surface area contributed by atoms with Gasteiger partial charge in [-0.25, -0.2) is 0 Å². The molecule has 3 aromatic carbocycles. The van der Waals surface area contributed by atoms with Crippen LogP contribution >= 0.6 is 0 Å². The summed E-state index contributed by atoms with van der Waals surface area (Å²) in [5, 5.41) is 2.25. The van der Waals surface area contributed by atoms with E-state index in [0.717, 1.165) is 37.2 Å². The predicted octanol–water partition coefficient (Wildman–Crippen LogP) is 5.41. The minimum atomic E-state index is -0.373. The Morgan fingerprint density at radius 1 is 0.576 bits per heavy atom. The smallest absolute Gasteiger partial charge is 0.258 e. The number of hydrogen-bond donors (Lipinski definition) is 1. The van der Waals surface area contributed by atoms with Crippen molar-refractivity contribution in [2.24, 2.45) is 0 Å². The molecule has 0 saturated heterocycles. The Kier molecular flexibility index (Phi) is 7.54. The molecule has 168 valence electrons. The van der Waals surface area contributed by atoms with Gasteiger partial charge in [-0.1, -0.05) is 54.6 Å². The van der Waals surface area contributed by atoms with E-state index in [1.807, 2.05) is 42.5 Å². The minimum absolute atomic E-state index is 0.359. The standard InChI is InChI=1S/C28H27NO4/c30-27-20-26(28(31)29-27)23-12-16-25(17-13-23)33-19-7-2-1-6-18-32-24-14-10-22(11-15-24)21-8-4-3-5-9-21/h3-5,8-17,20H,1-2,6-7,18-19H2,(H,29,30,31). The molecule has 1 aliphatic rings. The van der Waals surface area contributed by atoms with Crippen LogP contribution in [0.3, 0.4) is 0 Å². The lowest BCUT2D eigenvalue weighted by Crippen LogP contribution is -2.21. The van der Waals surface area contributed by atoms with Gasteiger partial charge in [0.15, 0.2) is 0 Å². The third-order valence-electron chi connectivity index (χ3n) is 5.46. The number of unbranched alkanes of at least 4 members (excludes halogenated alkanes) is 3. The molecule has 0 aromatic heterocycles. The van der Waals surface area contributed by atoms with E-state index in [2.05, 4.69) is 29.6 Å². The van der Waals surface area contributed by atoms with Crippen LogP contribution in [0.4, 0.5) is 0 Å². The maximum atomic E-state index is 11.7. The van der Waals surface area contributed by atoms with Crippen molar-refractivity contribution in [1.82, 2.24) is 5.32 Å². The van der Waals surface area contributed by atoms with Crippen molar-refractivity contribution in [1.29, 1.82) is 0 Å². The van der Waals surface area contributed by atoms with Crippen LogP contribution in [-0.4, -0.2) is 25.0 Å². The number of rotatable bonds is 11. The average Bonchev–Trinajstić information content (AvgIpc) is 3.20. The molecule has 1 heterocycles. The average molecular weight is 442 g/mol. The van der Waals surface area contributed by atoms with E-state index in [4.69, 9.17) is 9.47 Å².